The summed E-state index contributed by atoms with van der Waals surface area (Å²) < 4.78 is 47.6. The Labute approximate surface area is 181 Å². The lowest BCUT2D eigenvalue weighted by atomic mass is 10.2. The van der Waals surface area contributed by atoms with Gasteiger partial charge in [-0.25, -0.2) is 4.98 Å². The monoisotopic (exact) mass is 453 g/mol. The predicted molar refractivity (Wildman–Crippen MR) is 114 cm³/mol. The quantitative estimate of drug-likeness (QED) is 0.504. The molecule has 0 saturated carbocycles. The molecule has 0 aliphatic rings. The number of fused-ring (bicyclic) bond motifs is 1. The minimum atomic E-state index is -4.78. The molecule has 0 fully saturated rings. The third-order valence-corrected chi connectivity index (χ3v) is 5.31. The number of rotatable bonds is 8. The summed E-state index contributed by atoms with van der Waals surface area (Å²) in [4.78, 5) is 20.7. The molecular weight excluding hydrogens is 431 g/mol. The fourth-order valence-electron chi connectivity index (χ4n) is 2.69. The van der Waals surface area contributed by atoms with Crippen molar-refractivity contribution in [3.05, 3.63) is 48.0 Å². The van der Waals surface area contributed by atoms with E-state index in [-0.39, 0.29) is 18.3 Å². The summed E-state index contributed by atoms with van der Waals surface area (Å²) in [7, 11) is 3.76. The number of aryl methyl sites for hydroxylation is 1. The van der Waals surface area contributed by atoms with Gasteiger partial charge in [-0.3, -0.25) is 9.69 Å². The molecule has 0 aliphatic carbocycles. The van der Waals surface area contributed by atoms with Crippen molar-refractivity contribution in [2.24, 2.45) is 0 Å². The van der Waals surface area contributed by atoms with Crippen molar-refractivity contribution in [1.29, 1.82) is 0 Å². The van der Waals surface area contributed by atoms with Crippen molar-refractivity contribution in [2.45, 2.75) is 13.3 Å². The topological polar surface area (TPSA) is 54.9 Å². The van der Waals surface area contributed by atoms with Gasteiger partial charge >= 0.3 is 6.36 Å². The van der Waals surface area contributed by atoms with E-state index >= 15 is 0 Å². The van der Waals surface area contributed by atoms with Crippen molar-refractivity contribution in [3.63, 3.8) is 0 Å². The second kappa shape index (κ2) is 9.52. The zero-order valence-corrected chi connectivity index (χ0v) is 18.1. The van der Waals surface area contributed by atoms with Crippen LogP contribution < -0.4 is 14.4 Å². The maximum Gasteiger partial charge on any atom is 0.573 e. The van der Waals surface area contributed by atoms with Crippen LogP contribution >= 0.6 is 11.3 Å². The summed E-state index contributed by atoms with van der Waals surface area (Å²) in [5, 5.41) is 0.388. The van der Waals surface area contributed by atoms with E-state index < -0.39 is 6.36 Å². The number of ether oxygens (including phenoxy) is 2. The van der Waals surface area contributed by atoms with Gasteiger partial charge in [0, 0.05) is 19.2 Å². The standard InChI is InChI=1S/C21H22F3N3O3S/c1-14-4-6-15(7-5-14)29-13-19(28)27(11-10-26(2)3)20-25-17-9-8-16(12-18(17)31-20)30-21(22,23)24/h4-9,12H,10-11,13H2,1-3H3. The fraction of sp³-hybridized carbons (Fsp3) is 0.333. The molecule has 0 radical (unpaired) electrons. The van der Waals surface area contributed by atoms with E-state index in [1.807, 2.05) is 38.1 Å². The highest BCUT2D eigenvalue weighted by Gasteiger charge is 2.31. The molecule has 0 atom stereocenters. The molecule has 0 spiro atoms. The van der Waals surface area contributed by atoms with Crippen LogP contribution in [-0.2, 0) is 4.79 Å². The smallest absolute Gasteiger partial charge is 0.484 e. The summed E-state index contributed by atoms with van der Waals surface area (Å²) in [6.07, 6.45) is -4.78. The highest BCUT2D eigenvalue weighted by molar-refractivity contribution is 7.22. The molecule has 166 valence electrons. The second-order valence-electron chi connectivity index (χ2n) is 7.12. The van der Waals surface area contributed by atoms with Gasteiger partial charge in [0.1, 0.15) is 11.5 Å². The van der Waals surface area contributed by atoms with Crippen LogP contribution in [0, 0.1) is 6.92 Å². The van der Waals surface area contributed by atoms with Crippen LogP contribution in [-0.4, -0.2) is 55.9 Å². The molecule has 0 saturated heterocycles. The summed E-state index contributed by atoms with van der Waals surface area (Å²) in [5.74, 6) is -0.0536. The van der Waals surface area contributed by atoms with Crippen LogP contribution in [0.5, 0.6) is 11.5 Å². The lowest BCUT2D eigenvalue weighted by Gasteiger charge is -2.22. The van der Waals surface area contributed by atoms with Gasteiger partial charge in [-0.2, -0.15) is 0 Å². The van der Waals surface area contributed by atoms with Gasteiger partial charge in [0.15, 0.2) is 11.7 Å². The minimum absolute atomic E-state index is 0.186. The lowest BCUT2D eigenvalue weighted by Crippen LogP contribution is -2.39. The maximum atomic E-state index is 12.9. The van der Waals surface area contributed by atoms with Crippen molar-refractivity contribution in [1.82, 2.24) is 9.88 Å². The van der Waals surface area contributed by atoms with Crippen LogP contribution in [0.15, 0.2) is 42.5 Å². The van der Waals surface area contributed by atoms with Gasteiger partial charge in [0.2, 0.25) is 0 Å². The Hall–Kier alpha value is -2.85. The molecule has 2 aromatic carbocycles. The molecule has 0 bridgehead atoms. The van der Waals surface area contributed by atoms with E-state index in [4.69, 9.17) is 4.74 Å². The van der Waals surface area contributed by atoms with E-state index in [1.54, 1.807) is 12.1 Å². The number of thiazole rings is 1. The van der Waals surface area contributed by atoms with Crippen LogP contribution in [0.2, 0.25) is 0 Å². The second-order valence-corrected chi connectivity index (χ2v) is 8.13. The minimum Gasteiger partial charge on any atom is -0.484 e. The molecule has 1 aromatic heterocycles. The first-order valence-electron chi connectivity index (χ1n) is 9.41. The maximum absolute atomic E-state index is 12.9. The van der Waals surface area contributed by atoms with Crippen molar-refractivity contribution in [3.8, 4) is 11.5 Å². The molecule has 3 aromatic rings. The number of nitrogens with zero attached hydrogens (tertiary/aromatic N) is 3. The lowest BCUT2D eigenvalue weighted by molar-refractivity contribution is -0.274. The number of carbonyl (C=O) groups is 1. The molecule has 3 rings (SSSR count). The third-order valence-electron chi connectivity index (χ3n) is 4.27. The number of hydrogen-bond acceptors (Lipinski definition) is 6. The normalized spacial score (nSPS) is 11.7. The van der Waals surface area contributed by atoms with Crippen LogP contribution in [0.4, 0.5) is 18.3 Å². The van der Waals surface area contributed by atoms with Gasteiger partial charge < -0.3 is 14.4 Å². The number of hydrogen-bond donors (Lipinski definition) is 0. The number of anilines is 1. The predicted octanol–water partition coefficient (Wildman–Crippen LogP) is 4.48. The summed E-state index contributed by atoms with van der Waals surface area (Å²) in [6.45, 7) is 2.70. The Morgan fingerprint density at radius 1 is 1.06 bits per heavy atom. The highest BCUT2D eigenvalue weighted by Crippen LogP contribution is 2.33. The molecular formula is C21H22F3N3O3S. The van der Waals surface area contributed by atoms with E-state index in [0.29, 0.717) is 34.2 Å². The highest BCUT2D eigenvalue weighted by atomic mass is 32.1. The molecule has 1 heterocycles. The number of alkyl halides is 3. The van der Waals surface area contributed by atoms with Gasteiger partial charge in [0.25, 0.3) is 5.91 Å². The fourth-order valence-corrected chi connectivity index (χ4v) is 3.73. The van der Waals surface area contributed by atoms with Crippen molar-refractivity contribution < 1.29 is 27.4 Å². The number of benzene rings is 2. The molecule has 0 aliphatic heterocycles. The zero-order valence-electron chi connectivity index (χ0n) is 17.3. The number of amides is 1. The summed E-state index contributed by atoms with van der Waals surface area (Å²) in [5.41, 5.74) is 1.56. The van der Waals surface area contributed by atoms with E-state index in [0.717, 1.165) is 16.9 Å². The number of carbonyl (C=O) groups excluding carboxylic acids is 1. The molecule has 0 N–H and O–H groups in total. The van der Waals surface area contributed by atoms with Gasteiger partial charge in [-0.05, 0) is 45.3 Å². The SMILES string of the molecule is Cc1ccc(OCC(=O)N(CCN(C)C)c2nc3ccc(OC(F)(F)F)cc3s2)cc1. The van der Waals surface area contributed by atoms with Gasteiger partial charge in [-0.1, -0.05) is 29.0 Å². The Balaban J connectivity index is 1.80. The summed E-state index contributed by atoms with van der Waals surface area (Å²) >= 11 is 1.12. The van der Waals surface area contributed by atoms with Crippen molar-refractivity contribution in [2.75, 3.05) is 38.7 Å². The van der Waals surface area contributed by atoms with E-state index in [9.17, 15) is 18.0 Å². The van der Waals surface area contributed by atoms with Crippen LogP contribution in [0.1, 0.15) is 5.56 Å². The zero-order chi connectivity index (χ0) is 22.6. The Morgan fingerprint density at radius 2 is 1.74 bits per heavy atom. The molecule has 1 amide bonds. The number of aromatic nitrogens is 1. The average Bonchev–Trinajstić information content (AvgIpc) is 3.09. The molecule has 6 nitrogen and oxygen atoms in total. The van der Waals surface area contributed by atoms with Gasteiger partial charge in [0.05, 0.1) is 10.2 Å². The molecule has 0 unspecified atom stereocenters. The largest absolute Gasteiger partial charge is 0.573 e. The van der Waals surface area contributed by atoms with Crippen LogP contribution in [0.3, 0.4) is 0 Å². The Morgan fingerprint density at radius 3 is 2.39 bits per heavy atom. The first-order valence-corrected chi connectivity index (χ1v) is 10.2. The number of likely N-dealkylation sites (N-methyl/N-ethyl adjacent to an activating group) is 1. The first kappa shape index (κ1) is 22.8. The first-order chi connectivity index (χ1) is 14.6. The molecule has 10 heteroatoms. The van der Waals surface area contributed by atoms with E-state index in [2.05, 4.69) is 9.72 Å². The molecule has 31 heavy (non-hydrogen) atoms. The van der Waals surface area contributed by atoms with E-state index in [1.165, 1.54) is 23.1 Å². The third kappa shape index (κ3) is 6.56. The van der Waals surface area contributed by atoms with Gasteiger partial charge in [-0.15, -0.1) is 13.2 Å². The van der Waals surface area contributed by atoms with Crippen molar-refractivity contribution >= 4 is 32.6 Å². The summed E-state index contributed by atoms with van der Waals surface area (Å²) in [6, 6.07) is 11.2. The van der Waals surface area contributed by atoms with Crippen LogP contribution in [0.25, 0.3) is 10.2 Å². The number of halogens is 3. The average molecular weight is 453 g/mol. The Kier molecular flexibility index (Phi) is 7.01. The Bertz CT molecular complexity index is 1040.